The summed E-state index contributed by atoms with van der Waals surface area (Å²) in [4.78, 5) is 0. The van der Waals surface area contributed by atoms with E-state index in [0.29, 0.717) is 6.04 Å². The van der Waals surface area contributed by atoms with E-state index >= 15 is 0 Å². The Balaban J connectivity index is 2.36. The number of hydrogen-bond acceptors (Lipinski definition) is 3. The molecule has 0 radical (unpaired) electrons. The van der Waals surface area contributed by atoms with Crippen LogP contribution in [0.25, 0.3) is 0 Å². The third kappa shape index (κ3) is 4.81. The van der Waals surface area contributed by atoms with Gasteiger partial charge in [-0.15, -0.1) is 0 Å². The van der Waals surface area contributed by atoms with Crippen molar-refractivity contribution in [2.45, 2.75) is 64.1 Å². The topological polar surface area (TPSA) is 33.3 Å². The van der Waals surface area contributed by atoms with Gasteiger partial charge in [0, 0.05) is 30.8 Å². The summed E-state index contributed by atoms with van der Waals surface area (Å²) in [5, 5.41) is 7.35. The van der Waals surface area contributed by atoms with Crippen molar-refractivity contribution in [2.75, 3.05) is 20.3 Å². The summed E-state index contributed by atoms with van der Waals surface area (Å²) in [6.07, 6.45) is 3.49. The number of ether oxygens (including phenoxy) is 1. The first-order valence-corrected chi connectivity index (χ1v) is 6.36. The van der Waals surface area contributed by atoms with Crippen LogP contribution in [0, 0.1) is 0 Å². The lowest BCUT2D eigenvalue weighted by molar-refractivity contribution is 0.142. The largest absolute Gasteiger partial charge is 0.385 e. The van der Waals surface area contributed by atoms with Crippen LogP contribution < -0.4 is 10.6 Å². The summed E-state index contributed by atoms with van der Waals surface area (Å²) in [6, 6.07) is 0.628. The van der Waals surface area contributed by atoms with E-state index in [1.165, 1.54) is 12.8 Å². The van der Waals surface area contributed by atoms with Gasteiger partial charge in [0.2, 0.25) is 0 Å². The lowest BCUT2D eigenvalue weighted by Gasteiger charge is -2.46. The van der Waals surface area contributed by atoms with E-state index < -0.39 is 0 Å². The number of nitrogens with one attached hydrogen (secondary N) is 2. The van der Waals surface area contributed by atoms with Crippen molar-refractivity contribution < 1.29 is 4.74 Å². The first-order chi connectivity index (χ1) is 7.35. The van der Waals surface area contributed by atoms with Crippen LogP contribution in [0.1, 0.15) is 47.0 Å². The zero-order valence-corrected chi connectivity index (χ0v) is 11.5. The molecule has 0 amide bonds. The summed E-state index contributed by atoms with van der Waals surface area (Å²) in [6.45, 7) is 11.1. The van der Waals surface area contributed by atoms with Gasteiger partial charge in [-0.3, -0.25) is 0 Å². The summed E-state index contributed by atoms with van der Waals surface area (Å²) >= 11 is 0. The average Bonchev–Trinajstić information content (AvgIpc) is 2.07. The third-order valence-electron chi connectivity index (χ3n) is 3.15. The van der Waals surface area contributed by atoms with Crippen LogP contribution >= 0.6 is 0 Å². The molecule has 0 spiro atoms. The molecule has 1 aliphatic heterocycles. The van der Waals surface area contributed by atoms with Gasteiger partial charge in [-0.05, 0) is 53.5 Å². The molecule has 0 aliphatic carbocycles. The summed E-state index contributed by atoms with van der Waals surface area (Å²) < 4.78 is 5.06. The molecule has 0 aromatic rings. The predicted octanol–water partition coefficient (Wildman–Crippen LogP) is 1.92. The standard InChI is InChI=1S/C13H28N2O/c1-12(2)9-11(10-13(3,4)15-12)14-7-6-8-16-5/h11,14-15H,6-10H2,1-5H3. The Hall–Kier alpha value is -0.120. The molecule has 96 valence electrons. The molecule has 1 heterocycles. The second-order valence-corrected chi connectivity index (χ2v) is 6.30. The Morgan fingerprint density at radius 2 is 1.75 bits per heavy atom. The van der Waals surface area contributed by atoms with E-state index in [9.17, 15) is 0 Å². The molecule has 0 atom stereocenters. The minimum atomic E-state index is 0.237. The summed E-state index contributed by atoms with van der Waals surface area (Å²) in [5.41, 5.74) is 0.474. The Labute approximate surface area is 100 Å². The Morgan fingerprint density at radius 3 is 2.25 bits per heavy atom. The molecule has 2 N–H and O–H groups in total. The number of rotatable bonds is 5. The maximum Gasteiger partial charge on any atom is 0.0474 e. The second-order valence-electron chi connectivity index (χ2n) is 6.30. The summed E-state index contributed by atoms with van der Waals surface area (Å²) in [7, 11) is 1.76. The van der Waals surface area contributed by atoms with Crippen molar-refractivity contribution in [3.63, 3.8) is 0 Å². The molecule has 0 bridgehead atoms. The summed E-state index contributed by atoms with van der Waals surface area (Å²) in [5.74, 6) is 0. The van der Waals surface area contributed by atoms with Crippen LogP contribution in [-0.2, 0) is 4.74 Å². The van der Waals surface area contributed by atoms with Gasteiger partial charge in [0.25, 0.3) is 0 Å². The first-order valence-electron chi connectivity index (χ1n) is 6.36. The second kappa shape index (κ2) is 5.48. The van der Waals surface area contributed by atoms with E-state index in [4.69, 9.17) is 4.74 Å². The van der Waals surface area contributed by atoms with E-state index in [0.717, 1.165) is 19.6 Å². The maximum absolute atomic E-state index is 5.06. The Bertz CT molecular complexity index is 198. The van der Waals surface area contributed by atoms with E-state index in [1.54, 1.807) is 7.11 Å². The molecule has 1 rings (SSSR count). The molecular formula is C13H28N2O. The molecule has 3 heteroatoms. The zero-order chi connectivity index (χ0) is 12.2. The molecule has 1 saturated heterocycles. The molecule has 0 saturated carbocycles. The van der Waals surface area contributed by atoms with Crippen molar-refractivity contribution >= 4 is 0 Å². The monoisotopic (exact) mass is 228 g/mol. The van der Waals surface area contributed by atoms with Gasteiger partial charge < -0.3 is 15.4 Å². The third-order valence-corrected chi connectivity index (χ3v) is 3.15. The Kier molecular flexibility index (Phi) is 4.77. The highest BCUT2D eigenvalue weighted by atomic mass is 16.5. The lowest BCUT2D eigenvalue weighted by atomic mass is 9.79. The van der Waals surface area contributed by atoms with Gasteiger partial charge in [-0.2, -0.15) is 0 Å². The molecule has 1 aliphatic rings. The van der Waals surface area contributed by atoms with E-state index in [1.807, 2.05) is 0 Å². The highest BCUT2D eigenvalue weighted by molar-refractivity contribution is 4.99. The maximum atomic E-state index is 5.06. The van der Waals surface area contributed by atoms with Crippen LogP contribution in [0.4, 0.5) is 0 Å². The smallest absolute Gasteiger partial charge is 0.0474 e. The van der Waals surface area contributed by atoms with Gasteiger partial charge in [0.15, 0.2) is 0 Å². The molecule has 3 nitrogen and oxygen atoms in total. The van der Waals surface area contributed by atoms with Gasteiger partial charge in [0.05, 0.1) is 0 Å². The quantitative estimate of drug-likeness (QED) is 0.705. The van der Waals surface area contributed by atoms with Crippen LogP contribution in [-0.4, -0.2) is 37.4 Å². The number of piperidine rings is 1. The fourth-order valence-corrected chi connectivity index (χ4v) is 2.99. The van der Waals surface area contributed by atoms with Crippen molar-refractivity contribution in [3.8, 4) is 0 Å². The molecule has 0 aromatic carbocycles. The first kappa shape index (κ1) is 13.9. The van der Waals surface area contributed by atoms with Crippen molar-refractivity contribution in [1.29, 1.82) is 0 Å². The van der Waals surface area contributed by atoms with Crippen LogP contribution in [0.15, 0.2) is 0 Å². The van der Waals surface area contributed by atoms with Gasteiger partial charge >= 0.3 is 0 Å². The highest BCUT2D eigenvalue weighted by Gasteiger charge is 2.37. The minimum absolute atomic E-state index is 0.237. The molecule has 0 unspecified atom stereocenters. The predicted molar refractivity (Wildman–Crippen MR) is 68.8 cm³/mol. The van der Waals surface area contributed by atoms with Crippen molar-refractivity contribution in [3.05, 3.63) is 0 Å². The molecule has 16 heavy (non-hydrogen) atoms. The average molecular weight is 228 g/mol. The number of hydrogen-bond donors (Lipinski definition) is 2. The molecule has 0 aromatic heterocycles. The van der Waals surface area contributed by atoms with Crippen LogP contribution in [0.3, 0.4) is 0 Å². The van der Waals surface area contributed by atoms with E-state index in [-0.39, 0.29) is 11.1 Å². The molecular weight excluding hydrogens is 200 g/mol. The SMILES string of the molecule is COCCCNC1CC(C)(C)NC(C)(C)C1. The zero-order valence-electron chi connectivity index (χ0n) is 11.5. The lowest BCUT2D eigenvalue weighted by Crippen LogP contribution is -2.61. The molecule has 1 fully saturated rings. The fourth-order valence-electron chi connectivity index (χ4n) is 2.99. The van der Waals surface area contributed by atoms with Gasteiger partial charge in [-0.1, -0.05) is 0 Å². The minimum Gasteiger partial charge on any atom is -0.385 e. The van der Waals surface area contributed by atoms with E-state index in [2.05, 4.69) is 38.3 Å². The normalized spacial score (nSPS) is 24.6. The van der Waals surface area contributed by atoms with Gasteiger partial charge in [0.1, 0.15) is 0 Å². The number of methoxy groups -OCH3 is 1. The Morgan fingerprint density at radius 1 is 1.19 bits per heavy atom. The van der Waals surface area contributed by atoms with Crippen LogP contribution in [0.5, 0.6) is 0 Å². The fraction of sp³-hybridized carbons (Fsp3) is 1.00. The van der Waals surface area contributed by atoms with Gasteiger partial charge in [-0.25, -0.2) is 0 Å². The van der Waals surface area contributed by atoms with Crippen molar-refractivity contribution in [1.82, 2.24) is 10.6 Å². The highest BCUT2D eigenvalue weighted by Crippen LogP contribution is 2.28. The van der Waals surface area contributed by atoms with Crippen molar-refractivity contribution in [2.24, 2.45) is 0 Å². The van der Waals surface area contributed by atoms with Crippen LogP contribution in [0.2, 0.25) is 0 Å².